The second-order valence-electron chi connectivity index (χ2n) is 9.91. The second-order valence-corrected chi connectivity index (χ2v) is 11.9. The van der Waals surface area contributed by atoms with Crippen LogP contribution in [0.25, 0.3) is 10.9 Å². The van der Waals surface area contributed by atoms with Crippen molar-refractivity contribution in [2.45, 2.75) is 16.2 Å². The summed E-state index contributed by atoms with van der Waals surface area (Å²) >= 11 is 0. The molecule has 0 aliphatic carbocycles. The van der Waals surface area contributed by atoms with Crippen LogP contribution < -0.4 is 15.6 Å². The molecule has 2 N–H and O–H groups in total. The van der Waals surface area contributed by atoms with E-state index in [2.05, 4.69) is 25.6 Å². The van der Waals surface area contributed by atoms with Crippen LogP contribution in [0.4, 0.5) is 15.8 Å². The summed E-state index contributed by atoms with van der Waals surface area (Å²) in [4.78, 5) is 18.8. The average Bonchev–Trinajstić information content (AvgIpc) is 3.35. The Hall–Kier alpha value is -4.00. The van der Waals surface area contributed by atoms with Crippen LogP contribution >= 0.6 is 0 Å². The van der Waals surface area contributed by atoms with Crippen molar-refractivity contribution < 1.29 is 22.3 Å². The third-order valence-electron chi connectivity index (χ3n) is 6.58. The van der Waals surface area contributed by atoms with Crippen LogP contribution in [0.5, 0.6) is 0 Å². The number of ether oxygens (including phenoxy) is 1. The predicted molar refractivity (Wildman–Crippen MR) is 159 cm³/mol. The van der Waals surface area contributed by atoms with Crippen LogP contribution in [-0.2, 0) is 14.6 Å². The molecule has 0 fully saturated rings. The van der Waals surface area contributed by atoms with E-state index in [-0.39, 0.29) is 15.7 Å². The Labute approximate surface area is 239 Å². The Morgan fingerprint density at radius 3 is 2.54 bits per heavy atom. The minimum atomic E-state index is -3.94. The molecule has 0 aliphatic rings. The lowest BCUT2D eigenvalue weighted by Crippen LogP contribution is -2.29. The molecular weight excluding hydrogens is 547 g/mol. The van der Waals surface area contributed by atoms with E-state index >= 15 is 0 Å². The first-order valence-corrected chi connectivity index (χ1v) is 14.6. The van der Waals surface area contributed by atoms with Crippen molar-refractivity contribution >= 4 is 38.0 Å². The van der Waals surface area contributed by atoms with E-state index in [0.717, 1.165) is 31.3 Å². The van der Waals surface area contributed by atoms with Gasteiger partial charge in [0.05, 0.1) is 27.1 Å². The predicted octanol–water partition coefficient (Wildman–Crippen LogP) is 3.84. The van der Waals surface area contributed by atoms with E-state index in [4.69, 9.17) is 4.74 Å². The molecule has 0 aliphatic heterocycles. The third-order valence-corrected chi connectivity index (χ3v) is 8.32. The van der Waals surface area contributed by atoms with Gasteiger partial charge in [0.15, 0.2) is 0 Å². The van der Waals surface area contributed by atoms with Gasteiger partial charge in [0.1, 0.15) is 5.82 Å². The monoisotopic (exact) mass is 582 g/mol. The van der Waals surface area contributed by atoms with Gasteiger partial charge in [0.25, 0.3) is 5.91 Å². The number of methoxy groups -OCH3 is 1. The molecule has 12 heteroatoms. The summed E-state index contributed by atoms with van der Waals surface area (Å²) in [5, 5.41) is 8.10. The van der Waals surface area contributed by atoms with Gasteiger partial charge >= 0.3 is 0 Å². The number of benzene rings is 3. The molecule has 0 radical (unpaired) electrons. The van der Waals surface area contributed by atoms with E-state index in [1.54, 1.807) is 19.2 Å². The summed E-state index contributed by atoms with van der Waals surface area (Å²) in [6, 6.07) is 14.9. The third kappa shape index (κ3) is 7.20. The number of fused-ring (bicyclic) bond motifs is 1. The summed E-state index contributed by atoms with van der Waals surface area (Å²) < 4.78 is 44.9. The molecule has 1 amide bonds. The number of amides is 1. The van der Waals surface area contributed by atoms with Gasteiger partial charge in [-0.2, -0.15) is 9.89 Å². The molecule has 1 aromatic heterocycles. The molecular formula is C29H35FN6O4S. The lowest BCUT2D eigenvalue weighted by atomic mass is 10.1. The number of carbonyl (C=O) groups excluding carboxylic acids is 1. The van der Waals surface area contributed by atoms with Crippen LogP contribution in [0.2, 0.25) is 0 Å². The Balaban J connectivity index is 1.58. The molecule has 218 valence electrons. The molecule has 4 rings (SSSR count). The molecule has 0 saturated heterocycles. The van der Waals surface area contributed by atoms with Crippen LogP contribution in [-0.4, -0.2) is 83.6 Å². The first-order valence-electron chi connectivity index (χ1n) is 13.1. The zero-order valence-electron chi connectivity index (χ0n) is 23.6. The number of nitrogens with zero attached hydrogens (tertiary/aromatic N) is 4. The first-order chi connectivity index (χ1) is 19.6. The minimum Gasteiger partial charge on any atom is -0.385 e. The van der Waals surface area contributed by atoms with Gasteiger partial charge in [0, 0.05) is 57.2 Å². The van der Waals surface area contributed by atoms with E-state index in [1.807, 2.05) is 33.3 Å². The average molecular weight is 583 g/mol. The summed E-state index contributed by atoms with van der Waals surface area (Å²) in [6.07, 6.45) is 2.23. The fourth-order valence-electron chi connectivity index (χ4n) is 4.23. The zero-order valence-corrected chi connectivity index (χ0v) is 24.4. The van der Waals surface area contributed by atoms with E-state index in [1.165, 1.54) is 41.3 Å². The molecule has 0 spiro atoms. The van der Waals surface area contributed by atoms with Crippen LogP contribution in [0.1, 0.15) is 16.8 Å². The SMILES string of the molecule is COCCCNc1cc(N(C)CCN(C)C)ccc1C(=O)Nn1ncc2cc(S(=O)(=O)c3cccc(F)c3)ccc21. The summed E-state index contributed by atoms with van der Waals surface area (Å²) in [5.74, 6) is -1.02. The Morgan fingerprint density at radius 1 is 1.02 bits per heavy atom. The molecule has 1 heterocycles. The standard InChI is InChI=1S/C29H35FN6O4S/c1-34(2)14-15-35(3)23-9-11-26(27(19-23)31-13-6-16-40-4)29(37)33-36-28-12-10-25(17-21(28)20-32-36)41(38,39)24-8-5-7-22(30)18-24/h5,7-12,17-20,31H,6,13-16H2,1-4H3,(H,33,37). The van der Waals surface area contributed by atoms with Crippen molar-refractivity contribution in [2.75, 3.05) is 70.1 Å². The quantitative estimate of drug-likeness (QED) is 0.229. The van der Waals surface area contributed by atoms with Gasteiger partial charge in [-0.3, -0.25) is 4.79 Å². The van der Waals surface area contributed by atoms with Gasteiger partial charge in [-0.25, -0.2) is 18.2 Å². The highest BCUT2D eigenvalue weighted by molar-refractivity contribution is 7.91. The summed E-state index contributed by atoms with van der Waals surface area (Å²) in [6.45, 7) is 2.91. The van der Waals surface area contributed by atoms with Gasteiger partial charge in [-0.15, -0.1) is 0 Å². The lowest BCUT2D eigenvalue weighted by Gasteiger charge is -2.23. The smallest absolute Gasteiger partial charge is 0.273 e. The molecule has 4 aromatic rings. The van der Waals surface area contributed by atoms with Gasteiger partial charge in [0.2, 0.25) is 9.84 Å². The van der Waals surface area contributed by atoms with Crippen LogP contribution in [0.3, 0.4) is 0 Å². The molecule has 10 nitrogen and oxygen atoms in total. The van der Waals surface area contributed by atoms with Crippen LogP contribution in [0, 0.1) is 5.82 Å². The maximum absolute atomic E-state index is 13.7. The van der Waals surface area contributed by atoms with Gasteiger partial charge in [-0.1, -0.05) is 6.07 Å². The van der Waals surface area contributed by atoms with Crippen molar-refractivity contribution in [3.63, 3.8) is 0 Å². The molecule has 0 atom stereocenters. The number of nitrogens with one attached hydrogen (secondary N) is 2. The highest BCUT2D eigenvalue weighted by Crippen LogP contribution is 2.26. The minimum absolute atomic E-state index is 0.00185. The highest BCUT2D eigenvalue weighted by Gasteiger charge is 2.20. The van der Waals surface area contributed by atoms with Crippen molar-refractivity contribution in [1.29, 1.82) is 0 Å². The highest BCUT2D eigenvalue weighted by atomic mass is 32.2. The van der Waals surface area contributed by atoms with E-state index in [9.17, 15) is 17.6 Å². The van der Waals surface area contributed by atoms with Crippen molar-refractivity contribution in [2.24, 2.45) is 0 Å². The van der Waals surface area contributed by atoms with Crippen molar-refractivity contribution in [3.05, 3.63) is 78.2 Å². The molecule has 0 bridgehead atoms. The lowest BCUT2D eigenvalue weighted by molar-refractivity contribution is 0.101. The normalized spacial score (nSPS) is 11.7. The number of anilines is 2. The van der Waals surface area contributed by atoms with Crippen molar-refractivity contribution in [3.8, 4) is 0 Å². The number of hydrogen-bond donors (Lipinski definition) is 2. The number of sulfone groups is 1. The summed E-state index contributed by atoms with van der Waals surface area (Å²) in [5.41, 5.74) is 5.37. The Bertz CT molecular complexity index is 1620. The fourth-order valence-corrected chi connectivity index (χ4v) is 5.55. The van der Waals surface area contributed by atoms with Crippen molar-refractivity contribution in [1.82, 2.24) is 14.8 Å². The molecule has 0 saturated carbocycles. The fraction of sp³-hybridized carbons (Fsp3) is 0.310. The molecule has 0 unspecified atom stereocenters. The summed E-state index contributed by atoms with van der Waals surface area (Å²) in [7, 11) is 3.76. The topological polar surface area (TPSA) is 109 Å². The van der Waals surface area contributed by atoms with E-state index < -0.39 is 15.7 Å². The number of hydrogen-bond acceptors (Lipinski definition) is 8. The van der Waals surface area contributed by atoms with Gasteiger partial charge < -0.3 is 19.9 Å². The molecule has 41 heavy (non-hydrogen) atoms. The Morgan fingerprint density at radius 2 is 1.80 bits per heavy atom. The largest absolute Gasteiger partial charge is 0.385 e. The molecule has 3 aromatic carbocycles. The second kappa shape index (κ2) is 13.1. The number of likely N-dealkylation sites (N-methyl/N-ethyl adjacent to an activating group) is 2. The maximum Gasteiger partial charge on any atom is 0.273 e. The zero-order chi connectivity index (χ0) is 29.6. The number of rotatable bonds is 13. The van der Waals surface area contributed by atoms with E-state index in [0.29, 0.717) is 35.3 Å². The maximum atomic E-state index is 13.7. The Kier molecular flexibility index (Phi) is 9.58. The number of halogens is 1. The van der Waals surface area contributed by atoms with Gasteiger partial charge in [-0.05, 0) is 75.1 Å². The van der Waals surface area contributed by atoms with Crippen LogP contribution in [0.15, 0.2) is 76.7 Å². The number of carbonyl (C=O) groups is 1. The first kappa shape index (κ1) is 30.0. The number of aromatic nitrogens is 2.